The minimum Gasteiger partial charge on any atom is -0.263 e. The van der Waals surface area contributed by atoms with Gasteiger partial charge in [-0.3, -0.25) is 4.18 Å². The Morgan fingerprint density at radius 2 is 1.68 bits per heavy atom. The zero-order chi connectivity index (χ0) is 14.3. The number of benzene rings is 1. The molecule has 4 heteroatoms. The Labute approximate surface area is 117 Å². The Morgan fingerprint density at radius 3 is 2.21 bits per heavy atom. The van der Waals surface area contributed by atoms with E-state index in [4.69, 9.17) is 4.18 Å². The topological polar surface area (TPSA) is 43.4 Å². The number of hydrogen-bond acceptors (Lipinski definition) is 3. The molecule has 0 heterocycles. The van der Waals surface area contributed by atoms with Crippen LogP contribution in [0.5, 0.6) is 0 Å². The lowest BCUT2D eigenvalue weighted by molar-refractivity contribution is 0.184. The summed E-state index contributed by atoms with van der Waals surface area (Å²) in [6.45, 7) is 6.07. The highest BCUT2D eigenvalue weighted by Gasteiger charge is 2.20. The van der Waals surface area contributed by atoms with Crippen molar-refractivity contribution in [1.29, 1.82) is 0 Å². The van der Waals surface area contributed by atoms with Crippen LogP contribution in [0.3, 0.4) is 0 Å². The zero-order valence-electron chi connectivity index (χ0n) is 12.1. The standard InChI is InChI=1S/C15H24O3S/c1-4-6-8-14(7-5-2)18-19(16,17)15-11-9-13(3)10-12-15/h9-12,14H,4-8H2,1-3H3/t14-/m1/s1. The van der Waals surface area contributed by atoms with Gasteiger partial charge in [-0.15, -0.1) is 0 Å². The predicted molar refractivity (Wildman–Crippen MR) is 77.7 cm³/mol. The van der Waals surface area contributed by atoms with Crippen molar-refractivity contribution in [1.82, 2.24) is 0 Å². The molecule has 0 fully saturated rings. The molecule has 0 N–H and O–H groups in total. The summed E-state index contributed by atoms with van der Waals surface area (Å²) in [4.78, 5) is 0.246. The highest BCUT2D eigenvalue weighted by atomic mass is 32.2. The summed E-state index contributed by atoms with van der Waals surface area (Å²) in [5.41, 5.74) is 1.04. The molecule has 0 saturated carbocycles. The summed E-state index contributed by atoms with van der Waals surface area (Å²) >= 11 is 0. The quantitative estimate of drug-likeness (QED) is 0.676. The Kier molecular flexibility index (Phi) is 6.52. The smallest absolute Gasteiger partial charge is 0.263 e. The van der Waals surface area contributed by atoms with E-state index in [1.165, 1.54) is 0 Å². The van der Waals surface area contributed by atoms with Crippen LogP contribution in [-0.2, 0) is 14.3 Å². The fourth-order valence-corrected chi connectivity index (χ4v) is 3.07. The van der Waals surface area contributed by atoms with Gasteiger partial charge in [0, 0.05) is 0 Å². The van der Waals surface area contributed by atoms with Crippen LogP contribution in [0.4, 0.5) is 0 Å². The second-order valence-corrected chi connectivity index (χ2v) is 6.49. The molecule has 0 aliphatic heterocycles. The third-order valence-electron chi connectivity index (χ3n) is 3.06. The number of unbranched alkanes of at least 4 members (excludes halogenated alkanes) is 1. The van der Waals surface area contributed by atoms with Crippen molar-refractivity contribution in [3.05, 3.63) is 29.8 Å². The largest absolute Gasteiger partial charge is 0.297 e. The van der Waals surface area contributed by atoms with Gasteiger partial charge in [0.15, 0.2) is 0 Å². The number of aryl methyl sites for hydroxylation is 1. The Morgan fingerprint density at radius 1 is 1.05 bits per heavy atom. The first-order chi connectivity index (χ1) is 8.99. The highest BCUT2D eigenvalue weighted by Crippen LogP contribution is 2.20. The lowest BCUT2D eigenvalue weighted by Crippen LogP contribution is -2.18. The van der Waals surface area contributed by atoms with Gasteiger partial charge in [0.1, 0.15) is 0 Å². The number of rotatable bonds is 8. The van der Waals surface area contributed by atoms with Crippen LogP contribution in [0, 0.1) is 6.92 Å². The summed E-state index contributed by atoms with van der Waals surface area (Å²) in [7, 11) is -3.63. The molecular weight excluding hydrogens is 260 g/mol. The highest BCUT2D eigenvalue weighted by molar-refractivity contribution is 7.86. The first kappa shape index (κ1) is 16.2. The SMILES string of the molecule is CCCC[C@@H](CCC)OS(=O)(=O)c1ccc(C)cc1. The van der Waals surface area contributed by atoms with Gasteiger partial charge in [-0.05, 0) is 31.9 Å². The molecule has 108 valence electrons. The molecule has 1 aromatic rings. The second-order valence-electron chi connectivity index (χ2n) is 4.92. The van der Waals surface area contributed by atoms with Crippen molar-refractivity contribution in [2.75, 3.05) is 0 Å². The van der Waals surface area contributed by atoms with Crippen LogP contribution in [0.2, 0.25) is 0 Å². The minimum absolute atomic E-state index is 0.198. The fraction of sp³-hybridized carbons (Fsp3) is 0.600. The van der Waals surface area contributed by atoms with E-state index < -0.39 is 10.1 Å². The average Bonchev–Trinajstić information content (AvgIpc) is 2.36. The molecule has 0 spiro atoms. The van der Waals surface area contributed by atoms with Gasteiger partial charge in [-0.1, -0.05) is 50.8 Å². The average molecular weight is 284 g/mol. The molecule has 3 nitrogen and oxygen atoms in total. The van der Waals surface area contributed by atoms with Crippen LogP contribution in [-0.4, -0.2) is 14.5 Å². The molecule has 0 saturated heterocycles. The maximum Gasteiger partial charge on any atom is 0.297 e. The van der Waals surface area contributed by atoms with E-state index >= 15 is 0 Å². The maximum atomic E-state index is 12.2. The van der Waals surface area contributed by atoms with Crippen LogP contribution < -0.4 is 0 Å². The van der Waals surface area contributed by atoms with E-state index in [2.05, 4.69) is 6.92 Å². The van der Waals surface area contributed by atoms with Crippen molar-refractivity contribution >= 4 is 10.1 Å². The van der Waals surface area contributed by atoms with Gasteiger partial charge in [0.2, 0.25) is 0 Å². The Balaban J connectivity index is 2.78. The van der Waals surface area contributed by atoms with E-state index in [1.807, 2.05) is 13.8 Å². The molecule has 0 aromatic heterocycles. The van der Waals surface area contributed by atoms with Crippen LogP contribution >= 0.6 is 0 Å². The lowest BCUT2D eigenvalue weighted by atomic mass is 10.1. The normalized spacial score (nSPS) is 13.4. The van der Waals surface area contributed by atoms with E-state index in [-0.39, 0.29) is 11.0 Å². The fourth-order valence-electron chi connectivity index (χ4n) is 1.93. The summed E-state index contributed by atoms with van der Waals surface area (Å²) in [5, 5.41) is 0. The molecule has 1 rings (SSSR count). The van der Waals surface area contributed by atoms with Crippen molar-refractivity contribution in [2.45, 2.75) is 63.9 Å². The molecular formula is C15H24O3S. The van der Waals surface area contributed by atoms with Gasteiger partial charge in [-0.2, -0.15) is 8.42 Å². The Hall–Kier alpha value is -0.870. The molecule has 0 unspecified atom stereocenters. The molecule has 0 aliphatic rings. The first-order valence-corrected chi connectivity index (χ1v) is 8.40. The predicted octanol–water partition coefficient (Wildman–Crippen LogP) is 4.06. The third-order valence-corrected chi connectivity index (χ3v) is 4.44. The zero-order valence-corrected chi connectivity index (χ0v) is 12.9. The van der Waals surface area contributed by atoms with Gasteiger partial charge >= 0.3 is 0 Å². The van der Waals surface area contributed by atoms with Gasteiger partial charge in [0.05, 0.1) is 11.0 Å². The van der Waals surface area contributed by atoms with Gasteiger partial charge in [-0.25, -0.2) is 0 Å². The molecule has 0 bridgehead atoms. The van der Waals surface area contributed by atoms with Crippen molar-refractivity contribution in [3.8, 4) is 0 Å². The van der Waals surface area contributed by atoms with Gasteiger partial charge < -0.3 is 0 Å². The van der Waals surface area contributed by atoms with E-state index in [0.29, 0.717) is 0 Å². The number of hydrogen-bond donors (Lipinski definition) is 0. The van der Waals surface area contributed by atoms with Crippen LogP contribution in [0.1, 0.15) is 51.5 Å². The van der Waals surface area contributed by atoms with E-state index in [1.54, 1.807) is 24.3 Å². The molecule has 1 aromatic carbocycles. The summed E-state index contributed by atoms with van der Waals surface area (Å²) < 4.78 is 29.7. The minimum atomic E-state index is -3.63. The maximum absolute atomic E-state index is 12.2. The Bertz CT molecular complexity index is 463. The van der Waals surface area contributed by atoms with Crippen molar-refractivity contribution in [3.63, 3.8) is 0 Å². The van der Waals surface area contributed by atoms with Crippen molar-refractivity contribution < 1.29 is 12.6 Å². The first-order valence-electron chi connectivity index (χ1n) is 6.99. The van der Waals surface area contributed by atoms with E-state index in [0.717, 1.165) is 37.7 Å². The van der Waals surface area contributed by atoms with Crippen LogP contribution in [0.15, 0.2) is 29.2 Å². The van der Waals surface area contributed by atoms with Gasteiger partial charge in [0.25, 0.3) is 10.1 Å². The molecule has 19 heavy (non-hydrogen) atoms. The van der Waals surface area contributed by atoms with Crippen LogP contribution in [0.25, 0.3) is 0 Å². The molecule has 0 radical (unpaired) electrons. The summed E-state index contributed by atoms with van der Waals surface area (Å²) in [5.74, 6) is 0. The molecule has 0 amide bonds. The lowest BCUT2D eigenvalue weighted by Gasteiger charge is -2.16. The monoisotopic (exact) mass is 284 g/mol. The molecule has 1 atom stereocenters. The summed E-state index contributed by atoms with van der Waals surface area (Å²) in [6, 6.07) is 6.79. The van der Waals surface area contributed by atoms with Crippen molar-refractivity contribution in [2.24, 2.45) is 0 Å². The molecule has 0 aliphatic carbocycles. The second kappa shape index (κ2) is 7.65. The van der Waals surface area contributed by atoms with E-state index in [9.17, 15) is 8.42 Å². The summed E-state index contributed by atoms with van der Waals surface area (Å²) in [6.07, 6.45) is 4.36. The third kappa shape index (κ3) is 5.33.